The van der Waals surface area contributed by atoms with Gasteiger partial charge in [-0.25, -0.2) is 4.79 Å². The van der Waals surface area contributed by atoms with E-state index in [2.05, 4.69) is 0 Å². The van der Waals surface area contributed by atoms with Crippen molar-refractivity contribution in [2.75, 3.05) is 13.7 Å². The standard InChI is InChI=1S/C15H17F2NO3S/c1-21-14(20)12-4-2-3-9-18(12)13(19)10-5-7-11(8-6-10)22-15(16)17/h5-8,12,15H,2-4,9H2,1H3. The van der Waals surface area contributed by atoms with Crippen LogP contribution < -0.4 is 0 Å². The van der Waals surface area contributed by atoms with Crippen LogP contribution in [0, 0.1) is 0 Å². The van der Waals surface area contributed by atoms with Crippen LogP contribution in [0.5, 0.6) is 0 Å². The molecule has 7 heteroatoms. The highest BCUT2D eigenvalue weighted by Gasteiger charge is 2.33. The summed E-state index contributed by atoms with van der Waals surface area (Å²) in [5.41, 5.74) is 0.384. The molecule has 0 radical (unpaired) electrons. The molecule has 0 N–H and O–H groups in total. The van der Waals surface area contributed by atoms with Crippen molar-refractivity contribution >= 4 is 23.6 Å². The van der Waals surface area contributed by atoms with Crippen molar-refractivity contribution < 1.29 is 23.1 Å². The molecule has 120 valence electrons. The first-order valence-corrected chi connectivity index (χ1v) is 7.84. The zero-order valence-electron chi connectivity index (χ0n) is 12.1. The highest BCUT2D eigenvalue weighted by Crippen LogP contribution is 2.26. The quantitative estimate of drug-likeness (QED) is 0.629. The number of carbonyl (C=O) groups is 2. The molecule has 1 aliphatic rings. The Morgan fingerprint density at radius 2 is 1.95 bits per heavy atom. The molecule has 1 fully saturated rings. The number of methoxy groups -OCH3 is 1. The number of alkyl halides is 2. The number of rotatable bonds is 4. The van der Waals surface area contributed by atoms with Crippen LogP contribution in [0.2, 0.25) is 0 Å². The van der Waals surface area contributed by atoms with E-state index in [-0.39, 0.29) is 5.91 Å². The number of carbonyl (C=O) groups excluding carboxylic acids is 2. The van der Waals surface area contributed by atoms with E-state index in [1.807, 2.05) is 0 Å². The maximum absolute atomic E-state index is 12.5. The van der Waals surface area contributed by atoms with Gasteiger partial charge in [0.25, 0.3) is 11.7 Å². The van der Waals surface area contributed by atoms with Crippen LogP contribution in [-0.2, 0) is 9.53 Å². The highest BCUT2D eigenvalue weighted by atomic mass is 32.2. The molecule has 1 heterocycles. The third kappa shape index (κ3) is 3.97. The minimum atomic E-state index is -2.49. The van der Waals surface area contributed by atoms with Crippen LogP contribution >= 0.6 is 11.8 Å². The van der Waals surface area contributed by atoms with Crippen LogP contribution in [0.4, 0.5) is 8.78 Å². The van der Waals surface area contributed by atoms with Gasteiger partial charge in [-0.05, 0) is 43.5 Å². The summed E-state index contributed by atoms with van der Waals surface area (Å²) >= 11 is 0.431. The lowest BCUT2D eigenvalue weighted by Crippen LogP contribution is -2.48. The van der Waals surface area contributed by atoms with Gasteiger partial charge >= 0.3 is 5.97 Å². The Hall–Kier alpha value is -1.63. The monoisotopic (exact) mass is 329 g/mol. The van der Waals surface area contributed by atoms with Crippen LogP contribution in [0.15, 0.2) is 29.2 Å². The molecule has 2 rings (SSSR count). The predicted octanol–water partition coefficient (Wildman–Crippen LogP) is 3.17. The summed E-state index contributed by atoms with van der Waals surface area (Å²) < 4.78 is 29.3. The number of thioether (sulfide) groups is 1. The van der Waals surface area contributed by atoms with Crippen LogP contribution in [0.1, 0.15) is 29.6 Å². The van der Waals surface area contributed by atoms with Crippen molar-refractivity contribution in [2.45, 2.75) is 36.0 Å². The van der Waals surface area contributed by atoms with Crippen molar-refractivity contribution in [1.29, 1.82) is 0 Å². The summed E-state index contributed by atoms with van der Waals surface area (Å²) in [7, 11) is 1.30. The third-order valence-electron chi connectivity index (χ3n) is 3.56. The number of amides is 1. The Kier molecular flexibility index (Phi) is 5.76. The van der Waals surface area contributed by atoms with E-state index in [4.69, 9.17) is 4.74 Å². The average molecular weight is 329 g/mol. The minimum absolute atomic E-state index is 0.274. The zero-order chi connectivity index (χ0) is 16.1. The van der Waals surface area contributed by atoms with Crippen LogP contribution in [-0.4, -0.2) is 42.2 Å². The molecule has 4 nitrogen and oxygen atoms in total. The third-order valence-corrected chi connectivity index (χ3v) is 4.29. The van der Waals surface area contributed by atoms with E-state index in [0.29, 0.717) is 35.2 Å². The smallest absolute Gasteiger partial charge is 0.328 e. The second-order valence-corrected chi connectivity index (χ2v) is 6.00. The molecular formula is C15H17F2NO3S. The van der Waals surface area contributed by atoms with E-state index in [0.717, 1.165) is 12.8 Å². The molecule has 1 aliphatic heterocycles. The van der Waals surface area contributed by atoms with Gasteiger partial charge in [-0.2, -0.15) is 8.78 Å². The van der Waals surface area contributed by atoms with Gasteiger partial charge in [-0.15, -0.1) is 0 Å². The van der Waals surface area contributed by atoms with E-state index < -0.39 is 17.8 Å². The van der Waals surface area contributed by atoms with Gasteiger partial charge in [0.2, 0.25) is 0 Å². The summed E-state index contributed by atoms with van der Waals surface area (Å²) in [5, 5.41) is 0. The van der Waals surface area contributed by atoms with E-state index in [1.54, 1.807) is 0 Å². The van der Waals surface area contributed by atoms with Crippen molar-refractivity contribution in [2.24, 2.45) is 0 Å². The largest absolute Gasteiger partial charge is 0.467 e. The molecule has 1 saturated heterocycles. The topological polar surface area (TPSA) is 46.6 Å². The van der Waals surface area contributed by atoms with Gasteiger partial charge in [-0.3, -0.25) is 4.79 Å². The minimum Gasteiger partial charge on any atom is -0.467 e. The molecule has 1 amide bonds. The second-order valence-electron chi connectivity index (χ2n) is 4.94. The van der Waals surface area contributed by atoms with Gasteiger partial charge in [0, 0.05) is 17.0 Å². The normalized spacial score (nSPS) is 18.4. The number of halogens is 2. The Bertz CT molecular complexity index is 536. The summed E-state index contributed by atoms with van der Waals surface area (Å²) in [4.78, 5) is 26.2. The van der Waals surface area contributed by atoms with Crippen LogP contribution in [0.25, 0.3) is 0 Å². The average Bonchev–Trinajstić information content (AvgIpc) is 2.53. The van der Waals surface area contributed by atoms with Gasteiger partial charge in [0.05, 0.1) is 7.11 Å². The Morgan fingerprint density at radius 3 is 2.55 bits per heavy atom. The fourth-order valence-electron chi connectivity index (χ4n) is 2.50. The van der Waals surface area contributed by atoms with E-state index in [1.165, 1.54) is 36.3 Å². The van der Waals surface area contributed by atoms with Gasteiger partial charge in [0.1, 0.15) is 6.04 Å². The Labute approximate surface area is 131 Å². The lowest BCUT2D eigenvalue weighted by atomic mass is 10.0. The number of nitrogens with zero attached hydrogens (tertiary/aromatic N) is 1. The first-order valence-electron chi connectivity index (χ1n) is 6.96. The highest BCUT2D eigenvalue weighted by molar-refractivity contribution is 7.99. The summed E-state index contributed by atoms with van der Waals surface area (Å²) in [5.74, 6) is -3.19. The van der Waals surface area contributed by atoms with Crippen molar-refractivity contribution in [3.05, 3.63) is 29.8 Å². The molecule has 1 atom stereocenters. The second kappa shape index (κ2) is 7.58. The fourth-order valence-corrected chi connectivity index (χ4v) is 3.00. The lowest BCUT2D eigenvalue weighted by Gasteiger charge is -2.33. The van der Waals surface area contributed by atoms with E-state index in [9.17, 15) is 18.4 Å². The van der Waals surface area contributed by atoms with Crippen molar-refractivity contribution in [3.63, 3.8) is 0 Å². The number of ether oxygens (including phenoxy) is 1. The molecule has 0 saturated carbocycles. The molecule has 0 aliphatic carbocycles. The summed E-state index contributed by atoms with van der Waals surface area (Å²) in [6.07, 6.45) is 2.28. The number of hydrogen-bond acceptors (Lipinski definition) is 4. The summed E-state index contributed by atoms with van der Waals surface area (Å²) in [6.45, 7) is 0.492. The van der Waals surface area contributed by atoms with Crippen LogP contribution in [0.3, 0.4) is 0 Å². The molecule has 1 aromatic rings. The van der Waals surface area contributed by atoms with Gasteiger partial charge < -0.3 is 9.64 Å². The first-order chi connectivity index (χ1) is 10.5. The number of hydrogen-bond donors (Lipinski definition) is 0. The van der Waals surface area contributed by atoms with Gasteiger partial charge in [0.15, 0.2) is 0 Å². The van der Waals surface area contributed by atoms with Crippen molar-refractivity contribution in [1.82, 2.24) is 4.90 Å². The van der Waals surface area contributed by atoms with Gasteiger partial charge in [-0.1, -0.05) is 11.8 Å². The fraction of sp³-hybridized carbons (Fsp3) is 0.467. The first kappa shape index (κ1) is 16.7. The molecule has 1 unspecified atom stereocenters. The Morgan fingerprint density at radius 1 is 1.27 bits per heavy atom. The molecule has 1 aromatic carbocycles. The number of likely N-dealkylation sites (tertiary alicyclic amines) is 1. The van der Waals surface area contributed by atoms with E-state index >= 15 is 0 Å². The number of piperidine rings is 1. The number of benzene rings is 1. The maximum Gasteiger partial charge on any atom is 0.328 e. The molecule has 22 heavy (non-hydrogen) atoms. The maximum atomic E-state index is 12.5. The molecular weight excluding hydrogens is 312 g/mol. The molecule has 0 spiro atoms. The zero-order valence-corrected chi connectivity index (χ0v) is 12.9. The lowest BCUT2D eigenvalue weighted by molar-refractivity contribution is -0.147. The SMILES string of the molecule is COC(=O)C1CCCCN1C(=O)c1ccc(SC(F)F)cc1. The Balaban J connectivity index is 2.13. The number of esters is 1. The van der Waals surface area contributed by atoms with Crippen molar-refractivity contribution in [3.8, 4) is 0 Å². The summed E-state index contributed by atoms with van der Waals surface area (Å²) in [6, 6.07) is 5.43. The molecule has 0 bridgehead atoms. The predicted molar refractivity (Wildman–Crippen MR) is 79.0 cm³/mol. The molecule has 0 aromatic heterocycles.